The topological polar surface area (TPSA) is 62.4 Å². The minimum atomic E-state index is -0.0490. The molecule has 15 heavy (non-hydrogen) atoms. The molecule has 1 saturated heterocycles. The van der Waals surface area contributed by atoms with Crippen LogP contribution < -0.4 is 16.0 Å². The van der Waals surface area contributed by atoms with Crippen molar-refractivity contribution in [3.63, 3.8) is 0 Å². The fraction of sp³-hybridized carbons (Fsp3) is 0.900. The molecule has 2 fully saturated rings. The molecule has 86 valence electrons. The van der Waals surface area contributed by atoms with Crippen molar-refractivity contribution in [2.75, 3.05) is 26.3 Å². The van der Waals surface area contributed by atoms with Crippen LogP contribution in [0.25, 0.3) is 0 Å². The van der Waals surface area contributed by atoms with E-state index in [0.29, 0.717) is 19.2 Å². The Hall–Kier alpha value is -0.810. The molecule has 2 aliphatic rings. The van der Waals surface area contributed by atoms with Gasteiger partial charge in [-0.15, -0.1) is 0 Å². The Morgan fingerprint density at radius 3 is 2.93 bits per heavy atom. The summed E-state index contributed by atoms with van der Waals surface area (Å²) < 4.78 is 5.29. The van der Waals surface area contributed by atoms with Crippen LogP contribution in [0.3, 0.4) is 0 Å². The Morgan fingerprint density at radius 1 is 1.47 bits per heavy atom. The van der Waals surface area contributed by atoms with Gasteiger partial charge in [0.05, 0.1) is 13.2 Å². The van der Waals surface area contributed by atoms with Gasteiger partial charge in [0, 0.05) is 25.2 Å². The predicted molar refractivity (Wildman–Crippen MR) is 56.8 cm³/mol. The third kappa shape index (κ3) is 3.35. The summed E-state index contributed by atoms with van der Waals surface area (Å²) in [4.78, 5) is 11.4. The van der Waals surface area contributed by atoms with Gasteiger partial charge in [0.15, 0.2) is 0 Å². The molecule has 1 aliphatic carbocycles. The number of carbonyl (C=O) groups excluding carboxylic acids is 1. The molecular weight excluding hydrogens is 194 g/mol. The molecule has 0 bridgehead atoms. The lowest BCUT2D eigenvalue weighted by Crippen LogP contribution is -2.52. The number of hydrogen-bond donors (Lipinski definition) is 3. The van der Waals surface area contributed by atoms with E-state index in [1.165, 1.54) is 6.42 Å². The second kappa shape index (κ2) is 5.32. The highest BCUT2D eigenvalue weighted by Crippen LogP contribution is 2.17. The molecule has 1 aliphatic heterocycles. The first-order chi connectivity index (χ1) is 7.34. The average Bonchev–Trinajstić information content (AvgIpc) is 2.22. The third-order valence-electron chi connectivity index (χ3n) is 2.95. The van der Waals surface area contributed by atoms with Crippen LogP contribution in [0.5, 0.6) is 0 Å². The molecule has 2 rings (SSSR count). The Bertz CT molecular complexity index is 213. The minimum absolute atomic E-state index is 0.0490. The second-order valence-electron chi connectivity index (χ2n) is 4.21. The van der Waals surface area contributed by atoms with Crippen molar-refractivity contribution in [3.8, 4) is 0 Å². The standard InChI is InChI=1S/C10H19N3O2/c14-10(13-8-2-1-3-8)12-6-9-7-15-5-4-11-9/h8-9,11H,1-7H2,(H2,12,13,14). The smallest absolute Gasteiger partial charge is 0.315 e. The van der Waals surface area contributed by atoms with Crippen LogP contribution in [0.1, 0.15) is 19.3 Å². The molecule has 1 saturated carbocycles. The van der Waals surface area contributed by atoms with Crippen LogP contribution in [-0.4, -0.2) is 44.4 Å². The summed E-state index contributed by atoms with van der Waals surface area (Å²) in [5.41, 5.74) is 0. The van der Waals surface area contributed by atoms with Crippen molar-refractivity contribution in [2.24, 2.45) is 0 Å². The summed E-state index contributed by atoms with van der Waals surface area (Å²) in [6.07, 6.45) is 3.49. The number of nitrogens with one attached hydrogen (secondary N) is 3. The predicted octanol–water partition coefficient (Wildman–Crippen LogP) is -0.173. The van der Waals surface area contributed by atoms with E-state index in [2.05, 4.69) is 16.0 Å². The zero-order valence-corrected chi connectivity index (χ0v) is 8.92. The number of ether oxygens (including phenoxy) is 1. The van der Waals surface area contributed by atoms with Gasteiger partial charge in [-0.2, -0.15) is 0 Å². The highest BCUT2D eigenvalue weighted by molar-refractivity contribution is 5.74. The normalized spacial score (nSPS) is 26.8. The first kappa shape index (κ1) is 10.7. The lowest BCUT2D eigenvalue weighted by atomic mass is 9.93. The fourth-order valence-corrected chi connectivity index (χ4v) is 1.76. The molecule has 0 radical (unpaired) electrons. The van der Waals surface area contributed by atoms with Gasteiger partial charge >= 0.3 is 6.03 Å². The quantitative estimate of drug-likeness (QED) is 0.610. The number of hydrogen-bond acceptors (Lipinski definition) is 3. The zero-order chi connectivity index (χ0) is 10.5. The van der Waals surface area contributed by atoms with Gasteiger partial charge in [-0.05, 0) is 19.3 Å². The van der Waals surface area contributed by atoms with Crippen molar-refractivity contribution >= 4 is 6.03 Å². The Labute approximate surface area is 89.9 Å². The van der Waals surface area contributed by atoms with E-state index in [9.17, 15) is 4.79 Å². The van der Waals surface area contributed by atoms with Crippen molar-refractivity contribution < 1.29 is 9.53 Å². The first-order valence-corrected chi connectivity index (χ1v) is 5.70. The molecule has 0 aromatic rings. The van der Waals surface area contributed by atoms with E-state index in [1.807, 2.05) is 0 Å². The molecular formula is C10H19N3O2. The molecule has 0 aromatic heterocycles. The Balaban J connectivity index is 1.57. The zero-order valence-electron chi connectivity index (χ0n) is 8.92. The molecule has 1 heterocycles. The number of morpholine rings is 1. The fourth-order valence-electron chi connectivity index (χ4n) is 1.76. The summed E-state index contributed by atoms with van der Waals surface area (Å²) >= 11 is 0. The van der Waals surface area contributed by atoms with Crippen LogP contribution in [0, 0.1) is 0 Å². The lowest BCUT2D eigenvalue weighted by Gasteiger charge is -2.28. The van der Waals surface area contributed by atoms with E-state index in [-0.39, 0.29) is 12.1 Å². The number of urea groups is 1. The highest BCUT2D eigenvalue weighted by atomic mass is 16.5. The summed E-state index contributed by atoms with van der Waals surface area (Å²) in [5, 5.41) is 9.08. The summed E-state index contributed by atoms with van der Waals surface area (Å²) in [6.45, 7) is 2.96. The van der Waals surface area contributed by atoms with Crippen molar-refractivity contribution in [1.29, 1.82) is 0 Å². The highest BCUT2D eigenvalue weighted by Gasteiger charge is 2.20. The molecule has 1 unspecified atom stereocenters. The lowest BCUT2D eigenvalue weighted by molar-refractivity contribution is 0.0773. The van der Waals surface area contributed by atoms with Gasteiger partial charge in [0.2, 0.25) is 0 Å². The molecule has 5 heteroatoms. The van der Waals surface area contributed by atoms with E-state index in [1.54, 1.807) is 0 Å². The second-order valence-corrected chi connectivity index (χ2v) is 4.21. The Kier molecular flexibility index (Phi) is 3.80. The van der Waals surface area contributed by atoms with Gasteiger partial charge in [-0.25, -0.2) is 4.79 Å². The number of amides is 2. The maximum Gasteiger partial charge on any atom is 0.315 e. The molecule has 2 amide bonds. The van der Waals surface area contributed by atoms with Crippen molar-refractivity contribution in [3.05, 3.63) is 0 Å². The number of rotatable bonds is 3. The first-order valence-electron chi connectivity index (χ1n) is 5.70. The van der Waals surface area contributed by atoms with Crippen LogP contribution in [0.4, 0.5) is 4.79 Å². The molecule has 1 atom stereocenters. The summed E-state index contributed by atoms with van der Waals surface area (Å²) in [5.74, 6) is 0. The molecule has 0 spiro atoms. The van der Waals surface area contributed by atoms with E-state index in [0.717, 1.165) is 26.0 Å². The van der Waals surface area contributed by atoms with Gasteiger partial charge in [0.25, 0.3) is 0 Å². The van der Waals surface area contributed by atoms with Crippen LogP contribution in [0.2, 0.25) is 0 Å². The Morgan fingerprint density at radius 2 is 2.33 bits per heavy atom. The van der Waals surface area contributed by atoms with E-state index in [4.69, 9.17) is 4.74 Å². The van der Waals surface area contributed by atoms with Crippen LogP contribution in [-0.2, 0) is 4.74 Å². The van der Waals surface area contributed by atoms with Gasteiger partial charge in [0.1, 0.15) is 0 Å². The largest absolute Gasteiger partial charge is 0.378 e. The SMILES string of the molecule is O=C(NCC1COCCN1)NC1CCC1. The maximum absolute atomic E-state index is 11.4. The third-order valence-corrected chi connectivity index (χ3v) is 2.95. The monoisotopic (exact) mass is 213 g/mol. The maximum atomic E-state index is 11.4. The van der Waals surface area contributed by atoms with E-state index >= 15 is 0 Å². The molecule has 5 nitrogen and oxygen atoms in total. The van der Waals surface area contributed by atoms with Crippen LogP contribution >= 0.6 is 0 Å². The van der Waals surface area contributed by atoms with Gasteiger partial charge < -0.3 is 20.7 Å². The van der Waals surface area contributed by atoms with Crippen LogP contribution in [0.15, 0.2) is 0 Å². The summed E-state index contributed by atoms with van der Waals surface area (Å²) in [7, 11) is 0. The van der Waals surface area contributed by atoms with E-state index < -0.39 is 0 Å². The van der Waals surface area contributed by atoms with Gasteiger partial charge in [-0.3, -0.25) is 0 Å². The average molecular weight is 213 g/mol. The minimum Gasteiger partial charge on any atom is -0.378 e. The van der Waals surface area contributed by atoms with Crippen molar-refractivity contribution in [2.45, 2.75) is 31.3 Å². The molecule has 3 N–H and O–H groups in total. The number of carbonyl (C=O) groups is 1. The molecule has 0 aromatic carbocycles. The summed E-state index contributed by atoms with van der Waals surface area (Å²) in [6, 6.07) is 0.610. The van der Waals surface area contributed by atoms with Gasteiger partial charge in [-0.1, -0.05) is 0 Å². The van der Waals surface area contributed by atoms with Crippen molar-refractivity contribution in [1.82, 2.24) is 16.0 Å².